The lowest BCUT2D eigenvalue weighted by Gasteiger charge is -2.12. The molecule has 0 aliphatic heterocycles. The van der Waals surface area contributed by atoms with Crippen molar-refractivity contribution < 1.29 is 9.53 Å². The van der Waals surface area contributed by atoms with E-state index in [2.05, 4.69) is 20.8 Å². The molecule has 0 aliphatic carbocycles. The van der Waals surface area contributed by atoms with Gasteiger partial charge >= 0.3 is 0 Å². The van der Waals surface area contributed by atoms with E-state index in [4.69, 9.17) is 4.74 Å². The largest absolute Gasteiger partial charge is 0.486 e. The zero-order valence-electron chi connectivity index (χ0n) is 14.6. The second-order valence-electron chi connectivity index (χ2n) is 6.01. The molecule has 24 heavy (non-hydrogen) atoms. The number of amides is 1. The highest BCUT2D eigenvalue weighted by molar-refractivity contribution is 5.94. The lowest BCUT2D eigenvalue weighted by Crippen LogP contribution is -2.31. The molecule has 0 saturated heterocycles. The molecule has 0 saturated carbocycles. The van der Waals surface area contributed by atoms with Gasteiger partial charge in [0.15, 0.2) is 5.82 Å². The van der Waals surface area contributed by atoms with Crippen molar-refractivity contribution in [2.75, 3.05) is 27.2 Å². The summed E-state index contributed by atoms with van der Waals surface area (Å²) in [5, 5.41) is 14.4. The average molecular weight is 332 g/mol. The van der Waals surface area contributed by atoms with Gasteiger partial charge in [-0.1, -0.05) is 6.07 Å². The van der Waals surface area contributed by atoms with Crippen LogP contribution in [0.25, 0.3) is 0 Å². The third-order valence-electron chi connectivity index (χ3n) is 3.36. The van der Waals surface area contributed by atoms with E-state index in [9.17, 15) is 4.79 Å². The third-order valence-corrected chi connectivity index (χ3v) is 3.36. The Morgan fingerprint density at radius 1 is 1.38 bits per heavy atom. The number of nitrogens with one attached hydrogen (secondary N) is 1. The van der Waals surface area contributed by atoms with Crippen LogP contribution in [-0.2, 0) is 6.61 Å². The molecule has 8 nitrogen and oxygen atoms in total. The van der Waals surface area contributed by atoms with Crippen LogP contribution in [0.2, 0.25) is 0 Å². The van der Waals surface area contributed by atoms with Crippen LogP contribution in [0.1, 0.15) is 36.1 Å². The van der Waals surface area contributed by atoms with Crippen LogP contribution in [0.3, 0.4) is 0 Å². The first-order chi connectivity index (χ1) is 11.5. The summed E-state index contributed by atoms with van der Waals surface area (Å²) in [6.45, 7) is 5.63. The Kier molecular flexibility index (Phi) is 6.25. The van der Waals surface area contributed by atoms with Gasteiger partial charge in [0, 0.05) is 18.7 Å². The number of carbonyl (C=O) groups is 1. The van der Waals surface area contributed by atoms with Gasteiger partial charge in [-0.05, 0) is 56.6 Å². The number of rotatable bonds is 8. The van der Waals surface area contributed by atoms with Gasteiger partial charge in [0.05, 0.1) is 6.04 Å². The van der Waals surface area contributed by atoms with Crippen LogP contribution in [0.15, 0.2) is 24.3 Å². The number of ether oxygens (including phenoxy) is 1. The molecule has 130 valence electrons. The normalized spacial score (nSPS) is 11.1. The standard InChI is InChI=1S/C16H24N6O2/c1-12(2)22-15(18-19-20-22)11-24-14-7-5-6-13(10-14)16(23)17-8-9-21(3)4/h5-7,10,12H,8-9,11H2,1-4H3,(H,17,23). The topological polar surface area (TPSA) is 85.2 Å². The summed E-state index contributed by atoms with van der Waals surface area (Å²) >= 11 is 0. The van der Waals surface area contributed by atoms with Crippen molar-refractivity contribution in [3.8, 4) is 5.75 Å². The number of carbonyl (C=O) groups excluding carboxylic acids is 1. The average Bonchev–Trinajstić information content (AvgIpc) is 3.01. The van der Waals surface area contributed by atoms with E-state index in [1.54, 1.807) is 28.9 Å². The Hall–Kier alpha value is -2.48. The van der Waals surface area contributed by atoms with E-state index in [0.717, 1.165) is 6.54 Å². The zero-order chi connectivity index (χ0) is 17.5. The first-order valence-corrected chi connectivity index (χ1v) is 7.90. The van der Waals surface area contributed by atoms with Crippen molar-refractivity contribution in [2.24, 2.45) is 0 Å². The fraction of sp³-hybridized carbons (Fsp3) is 0.500. The van der Waals surface area contributed by atoms with Crippen LogP contribution in [0, 0.1) is 0 Å². The molecule has 0 fully saturated rings. The Balaban J connectivity index is 1.95. The fourth-order valence-corrected chi connectivity index (χ4v) is 2.08. The van der Waals surface area contributed by atoms with Crippen molar-refractivity contribution in [1.82, 2.24) is 30.4 Å². The molecule has 2 aromatic rings. The fourth-order valence-electron chi connectivity index (χ4n) is 2.08. The molecule has 1 amide bonds. The van der Waals surface area contributed by atoms with Gasteiger partial charge in [-0.25, -0.2) is 4.68 Å². The second kappa shape index (κ2) is 8.39. The van der Waals surface area contributed by atoms with Gasteiger partial charge in [-0.3, -0.25) is 4.79 Å². The van der Waals surface area contributed by atoms with E-state index in [0.29, 0.717) is 23.7 Å². The Labute approximate surface area is 141 Å². The number of aromatic nitrogens is 4. The maximum Gasteiger partial charge on any atom is 0.251 e. The minimum Gasteiger partial charge on any atom is -0.486 e. The minimum atomic E-state index is -0.116. The number of hydrogen-bond donors (Lipinski definition) is 1. The van der Waals surface area contributed by atoms with E-state index in [1.807, 2.05) is 32.8 Å². The van der Waals surface area contributed by atoms with Crippen LogP contribution in [0.5, 0.6) is 5.75 Å². The summed E-state index contributed by atoms with van der Waals surface area (Å²) in [5.41, 5.74) is 0.565. The molecule has 0 bridgehead atoms. The van der Waals surface area contributed by atoms with E-state index in [-0.39, 0.29) is 18.6 Å². The summed E-state index contributed by atoms with van der Waals surface area (Å²) in [4.78, 5) is 14.1. The van der Waals surface area contributed by atoms with Gasteiger partial charge in [0.25, 0.3) is 5.91 Å². The zero-order valence-corrected chi connectivity index (χ0v) is 14.6. The first kappa shape index (κ1) is 17.9. The first-order valence-electron chi connectivity index (χ1n) is 7.90. The molecular formula is C16H24N6O2. The number of tetrazole rings is 1. The number of likely N-dealkylation sites (N-methyl/N-ethyl adjacent to an activating group) is 1. The van der Waals surface area contributed by atoms with E-state index < -0.39 is 0 Å². The molecule has 1 N–H and O–H groups in total. The summed E-state index contributed by atoms with van der Waals surface area (Å²) in [5.74, 6) is 1.13. The molecule has 8 heteroatoms. The highest BCUT2D eigenvalue weighted by Gasteiger charge is 2.11. The van der Waals surface area contributed by atoms with Crippen LogP contribution < -0.4 is 10.1 Å². The molecule has 1 aromatic heterocycles. The molecule has 2 rings (SSSR count). The molecule has 0 radical (unpaired) electrons. The molecule has 0 atom stereocenters. The second-order valence-corrected chi connectivity index (χ2v) is 6.01. The van der Waals surface area contributed by atoms with Gasteiger partial charge in [0.2, 0.25) is 0 Å². The van der Waals surface area contributed by atoms with Crippen molar-refractivity contribution in [3.05, 3.63) is 35.7 Å². The lowest BCUT2D eigenvalue weighted by atomic mass is 10.2. The van der Waals surface area contributed by atoms with Crippen LogP contribution in [0.4, 0.5) is 0 Å². The van der Waals surface area contributed by atoms with Crippen molar-refractivity contribution in [3.63, 3.8) is 0 Å². The maximum atomic E-state index is 12.1. The summed E-state index contributed by atoms with van der Waals surface area (Å²) in [6, 6.07) is 7.24. The molecule has 1 aromatic carbocycles. The van der Waals surface area contributed by atoms with Crippen LogP contribution in [-0.4, -0.2) is 58.2 Å². The number of hydrogen-bond acceptors (Lipinski definition) is 6. The predicted molar refractivity (Wildman–Crippen MR) is 89.9 cm³/mol. The van der Waals surface area contributed by atoms with E-state index >= 15 is 0 Å². The minimum absolute atomic E-state index is 0.116. The lowest BCUT2D eigenvalue weighted by molar-refractivity contribution is 0.0950. The van der Waals surface area contributed by atoms with Crippen LogP contribution >= 0.6 is 0 Å². The van der Waals surface area contributed by atoms with Crippen molar-refractivity contribution >= 4 is 5.91 Å². The Bertz CT molecular complexity index is 668. The van der Waals surface area contributed by atoms with Gasteiger partial charge < -0.3 is 15.0 Å². The molecular weight excluding hydrogens is 308 g/mol. The Morgan fingerprint density at radius 2 is 2.17 bits per heavy atom. The molecule has 0 unspecified atom stereocenters. The van der Waals surface area contributed by atoms with Gasteiger partial charge in [-0.2, -0.15) is 0 Å². The SMILES string of the molecule is CC(C)n1nnnc1COc1cccc(C(=O)NCCN(C)C)c1. The van der Waals surface area contributed by atoms with Crippen molar-refractivity contribution in [1.29, 1.82) is 0 Å². The summed E-state index contributed by atoms with van der Waals surface area (Å²) in [6.07, 6.45) is 0. The monoisotopic (exact) mass is 332 g/mol. The molecule has 1 heterocycles. The maximum absolute atomic E-state index is 12.1. The van der Waals surface area contributed by atoms with Crippen molar-refractivity contribution in [2.45, 2.75) is 26.5 Å². The highest BCUT2D eigenvalue weighted by atomic mass is 16.5. The predicted octanol–water partition coefficient (Wildman–Crippen LogP) is 1.12. The summed E-state index contributed by atoms with van der Waals surface area (Å²) < 4.78 is 7.43. The smallest absolute Gasteiger partial charge is 0.251 e. The van der Waals surface area contributed by atoms with Gasteiger partial charge in [-0.15, -0.1) is 5.10 Å². The molecule has 0 spiro atoms. The highest BCUT2D eigenvalue weighted by Crippen LogP contribution is 2.15. The quantitative estimate of drug-likeness (QED) is 0.780. The number of benzene rings is 1. The van der Waals surface area contributed by atoms with E-state index in [1.165, 1.54) is 0 Å². The summed E-state index contributed by atoms with van der Waals surface area (Å²) in [7, 11) is 3.93. The third kappa shape index (κ3) is 5.02. The Morgan fingerprint density at radius 3 is 2.88 bits per heavy atom. The molecule has 0 aliphatic rings. The number of nitrogens with zero attached hydrogens (tertiary/aromatic N) is 5. The van der Waals surface area contributed by atoms with Gasteiger partial charge in [0.1, 0.15) is 12.4 Å².